The monoisotopic (exact) mass is 360 g/mol. The molecule has 0 saturated carbocycles. The summed E-state index contributed by atoms with van der Waals surface area (Å²) >= 11 is 7.69. The maximum absolute atomic E-state index is 12.4. The summed E-state index contributed by atoms with van der Waals surface area (Å²) in [6, 6.07) is 7.61. The summed E-state index contributed by atoms with van der Waals surface area (Å²) in [4.78, 5) is 21.0. The summed E-state index contributed by atoms with van der Waals surface area (Å²) in [5.74, 6) is 0.516. The van der Waals surface area contributed by atoms with Crippen LogP contribution in [0, 0.1) is 0 Å². The lowest BCUT2D eigenvalue weighted by Crippen LogP contribution is -2.16. The predicted octanol–water partition coefficient (Wildman–Crippen LogP) is 4.42. The Balaban J connectivity index is 1.75. The molecular weight excluding hydrogens is 344 g/mol. The van der Waals surface area contributed by atoms with E-state index >= 15 is 0 Å². The zero-order valence-electron chi connectivity index (χ0n) is 13.4. The highest BCUT2D eigenvalue weighted by Crippen LogP contribution is 2.21. The smallest absolute Gasteiger partial charge is 0.277 e. The highest BCUT2D eigenvalue weighted by atomic mass is 35.5. The number of carbonyl (C=O) groups excluding carboxylic acids is 1. The number of imidazole rings is 1. The Labute approximate surface area is 149 Å². The third kappa shape index (κ3) is 3.66. The molecule has 0 aliphatic carbocycles. The van der Waals surface area contributed by atoms with E-state index < -0.39 is 0 Å². The van der Waals surface area contributed by atoms with Gasteiger partial charge in [0.1, 0.15) is 5.69 Å². The Morgan fingerprint density at radius 3 is 2.88 bits per heavy atom. The summed E-state index contributed by atoms with van der Waals surface area (Å²) in [7, 11) is 0. The van der Waals surface area contributed by atoms with Gasteiger partial charge in [-0.05, 0) is 11.6 Å². The maximum Gasteiger partial charge on any atom is 0.277 e. The van der Waals surface area contributed by atoms with Gasteiger partial charge in [0.2, 0.25) is 5.95 Å². The molecule has 0 spiro atoms. The van der Waals surface area contributed by atoms with Crippen LogP contribution in [0.1, 0.15) is 40.8 Å². The van der Waals surface area contributed by atoms with Gasteiger partial charge in [0, 0.05) is 28.7 Å². The molecule has 7 heteroatoms. The first-order valence-electron chi connectivity index (χ1n) is 7.56. The number of rotatable bonds is 5. The van der Waals surface area contributed by atoms with Crippen molar-refractivity contribution in [3.05, 3.63) is 63.3 Å². The Morgan fingerprint density at radius 1 is 1.38 bits per heavy atom. The van der Waals surface area contributed by atoms with E-state index in [0.29, 0.717) is 29.1 Å². The molecule has 0 saturated heterocycles. The van der Waals surface area contributed by atoms with E-state index in [1.165, 1.54) is 11.3 Å². The van der Waals surface area contributed by atoms with Crippen molar-refractivity contribution < 1.29 is 4.79 Å². The summed E-state index contributed by atoms with van der Waals surface area (Å²) in [6.45, 7) is 4.64. The largest absolute Gasteiger partial charge is 0.313 e. The van der Waals surface area contributed by atoms with Crippen LogP contribution < -0.4 is 5.32 Å². The number of benzene rings is 1. The fourth-order valence-corrected chi connectivity index (χ4v) is 3.20. The van der Waals surface area contributed by atoms with Crippen molar-refractivity contribution in [3.63, 3.8) is 0 Å². The van der Waals surface area contributed by atoms with Gasteiger partial charge in [0.05, 0.1) is 11.6 Å². The van der Waals surface area contributed by atoms with Crippen molar-refractivity contribution >= 4 is 34.8 Å². The lowest BCUT2D eigenvalue weighted by Gasteiger charge is -2.09. The maximum atomic E-state index is 12.4. The number of anilines is 1. The fourth-order valence-electron chi connectivity index (χ4n) is 2.19. The molecule has 2 aromatic heterocycles. The Morgan fingerprint density at radius 2 is 2.17 bits per heavy atom. The SMILES string of the molecule is CC(C)c1nc(C(=O)Nc2nccn2Cc2ccccc2Cl)cs1. The Hall–Kier alpha value is -2.18. The molecule has 3 rings (SSSR count). The van der Waals surface area contributed by atoms with E-state index in [-0.39, 0.29) is 5.91 Å². The average molecular weight is 361 g/mol. The van der Waals surface area contributed by atoms with E-state index in [4.69, 9.17) is 11.6 Å². The topological polar surface area (TPSA) is 59.8 Å². The lowest BCUT2D eigenvalue weighted by molar-refractivity contribution is 0.102. The van der Waals surface area contributed by atoms with Crippen molar-refractivity contribution in [2.75, 3.05) is 5.32 Å². The number of aromatic nitrogens is 3. The van der Waals surface area contributed by atoms with Crippen molar-refractivity contribution in [1.29, 1.82) is 0 Å². The van der Waals surface area contributed by atoms with Crippen LogP contribution in [0.5, 0.6) is 0 Å². The van der Waals surface area contributed by atoms with Crippen LogP contribution in [0.25, 0.3) is 0 Å². The first-order chi connectivity index (χ1) is 11.5. The molecule has 24 heavy (non-hydrogen) atoms. The van der Waals surface area contributed by atoms with Crippen LogP contribution >= 0.6 is 22.9 Å². The normalized spacial score (nSPS) is 11.0. The molecule has 0 radical (unpaired) electrons. The zero-order chi connectivity index (χ0) is 17.1. The van der Waals surface area contributed by atoms with Crippen molar-refractivity contribution in [2.45, 2.75) is 26.3 Å². The predicted molar refractivity (Wildman–Crippen MR) is 96.9 cm³/mol. The summed E-state index contributed by atoms with van der Waals surface area (Å²) < 4.78 is 1.84. The molecular formula is C17H17ClN4OS. The van der Waals surface area contributed by atoms with Crippen LogP contribution in [0.3, 0.4) is 0 Å². The number of nitrogens with one attached hydrogen (secondary N) is 1. The van der Waals surface area contributed by atoms with Crippen LogP contribution in [0.2, 0.25) is 5.02 Å². The van der Waals surface area contributed by atoms with Gasteiger partial charge in [0.15, 0.2) is 0 Å². The third-order valence-electron chi connectivity index (χ3n) is 3.49. The summed E-state index contributed by atoms with van der Waals surface area (Å²) in [5.41, 5.74) is 1.37. The minimum atomic E-state index is -0.259. The number of carbonyl (C=O) groups is 1. The van der Waals surface area contributed by atoms with Crippen LogP contribution in [0.4, 0.5) is 5.95 Å². The standard InChI is InChI=1S/C17H17ClN4OS/c1-11(2)16-20-14(10-24-16)15(23)21-17-19-7-8-22(17)9-12-5-3-4-6-13(12)18/h3-8,10-11H,9H2,1-2H3,(H,19,21,23). The first-order valence-corrected chi connectivity index (χ1v) is 8.81. The Bertz CT molecular complexity index is 856. The van der Waals surface area contributed by atoms with Gasteiger partial charge < -0.3 is 4.57 Å². The van der Waals surface area contributed by atoms with E-state index in [9.17, 15) is 4.79 Å². The second-order valence-corrected chi connectivity index (χ2v) is 6.95. The van der Waals surface area contributed by atoms with Gasteiger partial charge >= 0.3 is 0 Å². The second kappa shape index (κ2) is 7.15. The zero-order valence-corrected chi connectivity index (χ0v) is 14.9. The molecule has 1 N–H and O–H groups in total. The lowest BCUT2D eigenvalue weighted by atomic mass is 10.2. The van der Waals surface area contributed by atoms with Crippen LogP contribution in [-0.4, -0.2) is 20.4 Å². The molecule has 0 aliphatic rings. The molecule has 0 bridgehead atoms. The molecule has 0 atom stereocenters. The van der Waals surface area contributed by atoms with Gasteiger partial charge in [0.25, 0.3) is 5.91 Å². The van der Waals surface area contributed by atoms with Gasteiger partial charge in [-0.2, -0.15) is 0 Å². The van der Waals surface area contributed by atoms with E-state index in [1.54, 1.807) is 17.8 Å². The minimum absolute atomic E-state index is 0.259. The number of nitrogens with zero attached hydrogens (tertiary/aromatic N) is 3. The molecule has 0 aliphatic heterocycles. The quantitative estimate of drug-likeness (QED) is 0.732. The number of thiazole rings is 1. The molecule has 5 nitrogen and oxygen atoms in total. The molecule has 1 amide bonds. The summed E-state index contributed by atoms with van der Waals surface area (Å²) in [5, 5.41) is 6.21. The van der Waals surface area contributed by atoms with Crippen LogP contribution in [-0.2, 0) is 6.54 Å². The number of hydrogen-bond acceptors (Lipinski definition) is 4. The average Bonchev–Trinajstić information content (AvgIpc) is 3.19. The highest BCUT2D eigenvalue weighted by Gasteiger charge is 2.15. The van der Waals surface area contributed by atoms with Gasteiger partial charge in [-0.25, -0.2) is 9.97 Å². The molecule has 3 aromatic rings. The molecule has 124 valence electrons. The second-order valence-electron chi connectivity index (χ2n) is 5.65. The minimum Gasteiger partial charge on any atom is -0.313 e. The van der Waals surface area contributed by atoms with Crippen molar-refractivity contribution in [3.8, 4) is 0 Å². The van der Waals surface area contributed by atoms with Crippen LogP contribution in [0.15, 0.2) is 42.0 Å². The fraction of sp³-hybridized carbons (Fsp3) is 0.235. The number of halogens is 1. The molecule has 1 aromatic carbocycles. The van der Waals surface area contributed by atoms with Gasteiger partial charge in [-0.3, -0.25) is 10.1 Å². The molecule has 0 fully saturated rings. The van der Waals surface area contributed by atoms with E-state index in [2.05, 4.69) is 29.1 Å². The van der Waals surface area contributed by atoms with Gasteiger partial charge in [-0.15, -0.1) is 11.3 Å². The van der Waals surface area contributed by atoms with Crippen molar-refractivity contribution in [2.24, 2.45) is 0 Å². The van der Waals surface area contributed by atoms with Gasteiger partial charge in [-0.1, -0.05) is 43.6 Å². The first kappa shape index (κ1) is 16.7. The highest BCUT2D eigenvalue weighted by molar-refractivity contribution is 7.09. The third-order valence-corrected chi connectivity index (χ3v) is 5.00. The molecule has 0 unspecified atom stereocenters. The molecule has 2 heterocycles. The Kier molecular flexibility index (Phi) is 4.97. The number of amides is 1. The van der Waals surface area contributed by atoms with E-state index in [1.807, 2.05) is 28.8 Å². The van der Waals surface area contributed by atoms with Crippen molar-refractivity contribution in [1.82, 2.24) is 14.5 Å². The number of hydrogen-bond donors (Lipinski definition) is 1. The summed E-state index contributed by atoms with van der Waals surface area (Å²) in [6.07, 6.45) is 3.45. The van der Waals surface area contributed by atoms with E-state index in [0.717, 1.165) is 10.6 Å².